The van der Waals surface area contributed by atoms with Gasteiger partial charge in [0.2, 0.25) is 0 Å². The molecule has 14 heavy (non-hydrogen) atoms. The van der Waals surface area contributed by atoms with E-state index in [1.807, 2.05) is 0 Å². The van der Waals surface area contributed by atoms with Crippen molar-refractivity contribution in [3.8, 4) is 0 Å². The standard InChI is InChI=1S/C12H19NO/c14-13-12-10-8-6-4-2-1-3-5-7-9-11-12/h1-4,14H,5-11H2/b3-1-,4-2-,13-12?. The molecule has 0 aliphatic heterocycles. The van der Waals surface area contributed by atoms with Crippen LogP contribution in [-0.2, 0) is 0 Å². The lowest BCUT2D eigenvalue weighted by Crippen LogP contribution is -1.98. The third-order valence-corrected chi connectivity index (χ3v) is 2.45. The molecule has 0 spiro atoms. The summed E-state index contributed by atoms with van der Waals surface area (Å²) >= 11 is 0. The average molecular weight is 193 g/mol. The van der Waals surface area contributed by atoms with Gasteiger partial charge in [-0.3, -0.25) is 0 Å². The minimum atomic E-state index is 0.935. The molecule has 0 fully saturated rings. The van der Waals surface area contributed by atoms with E-state index in [0.717, 1.165) is 44.2 Å². The van der Waals surface area contributed by atoms with Gasteiger partial charge in [0.1, 0.15) is 0 Å². The van der Waals surface area contributed by atoms with E-state index in [2.05, 4.69) is 29.5 Å². The zero-order valence-corrected chi connectivity index (χ0v) is 8.65. The Morgan fingerprint density at radius 2 is 1.57 bits per heavy atom. The molecule has 0 radical (unpaired) electrons. The topological polar surface area (TPSA) is 32.6 Å². The van der Waals surface area contributed by atoms with Crippen LogP contribution < -0.4 is 0 Å². The summed E-state index contributed by atoms with van der Waals surface area (Å²) in [6.07, 6.45) is 16.1. The van der Waals surface area contributed by atoms with Crippen molar-refractivity contribution < 1.29 is 5.21 Å². The molecule has 0 bridgehead atoms. The normalized spacial score (nSPS) is 27.6. The molecule has 0 aromatic carbocycles. The third kappa shape index (κ3) is 4.85. The fraction of sp³-hybridized carbons (Fsp3) is 0.583. The second-order valence-electron chi connectivity index (χ2n) is 3.66. The van der Waals surface area contributed by atoms with Gasteiger partial charge in [-0.05, 0) is 44.9 Å². The Morgan fingerprint density at radius 3 is 2.29 bits per heavy atom. The SMILES string of the molecule is ON=C1CCC/C=C\C=C/CCCC1. The van der Waals surface area contributed by atoms with Crippen molar-refractivity contribution in [2.45, 2.75) is 44.9 Å². The van der Waals surface area contributed by atoms with Crippen LogP contribution in [-0.4, -0.2) is 10.9 Å². The number of hydrogen-bond donors (Lipinski definition) is 1. The van der Waals surface area contributed by atoms with Crippen molar-refractivity contribution in [1.82, 2.24) is 0 Å². The van der Waals surface area contributed by atoms with Crippen LogP contribution in [0.25, 0.3) is 0 Å². The fourth-order valence-corrected chi connectivity index (χ4v) is 1.59. The lowest BCUT2D eigenvalue weighted by atomic mass is 10.0. The van der Waals surface area contributed by atoms with Gasteiger partial charge in [0.25, 0.3) is 0 Å². The quantitative estimate of drug-likeness (QED) is 0.462. The van der Waals surface area contributed by atoms with Gasteiger partial charge >= 0.3 is 0 Å². The summed E-state index contributed by atoms with van der Waals surface area (Å²) in [5.74, 6) is 0. The van der Waals surface area contributed by atoms with Crippen LogP contribution in [0.4, 0.5) is 0 Å². The Hall–Kier alpha value is -1.05. The zero-order chi connectivity index (χ0) is 10.1. The van der Waals surface area contributed by atoms with Crippen molar-refractivity contribution in [2.75, 3.05) is 0 Å². The highest BCUT2D eigenvalue weighted by atomic mass is 16.4. The lowest BCUT2D eigenvalue weighted by molar-refractivity contribution is 0.315. The summed E-state index contributed by atoms with van der Waals surface area (Å²) < 4.78 is 0. The van der Waals surface area contributed by atoms with Gasteiger partial charge < -0.3 is 5.21 Å². The summed E-state index contributed by atoms with van der Waals surface area (Å²) in [6, 6.07) is 0. The number of oxime groups is 1. The molecule has 2 heteroatoms. The smallest absolute Gasteiger partial charge is 0.0571 e. The second kappa shape index (κ2) is 7.36. The van der Waals surface area contributed by atoms with Gasteiger partial charge in [-0.1, -0.05) is 29.5 Å². The molecule has 0 heterocycles. The fourth-order valence-electron chi connectivity index (χ4n) is 1.59. The van der Waals surface area contributed by atoms with Gasteiger partial charge in [-0.2, -0.15) is 0 Å². The molecule has 0 saturated carbocycles. The summed E-state index contributed by atoms with van der Waals surface area (Å²) in [5, 5.41) is 12.1. The summed E-state index contributed by atoms with van der Waals surface area (Å²) in [6.45, 7) is 0. The minimum Gasteiger partial charge on any atom is -0.411 e. The molecule has 0 unspecified atom stereocenters. The monoisotopic (exact) mass is 193 g/mol. The largest absolute Gasteiger partial charge is 0.411 e. The maximum Gasteiger partial charge on any atom is 0.0571 e. The molecule has 0 amide bonds. The van der Waals surface area contributed by atoms with Crippen LogP contribution in [0.3, 0.4) is 0 Å². The van der Waals surface area contributed by atoms with Crippen molar-refractivity contribution in [3.05, 3.63) is 24.3 Å². The minimum absolute atomic E-state index is 0.935. The highest BCUT2D eigenvalue weighted by Gasteiger charge is 1.99. The van der Waals surface area contributed by atoms with Gasteiger partial charge in [0, 0.05) is 0 Å². The van der Waals surface area contributed by atoms with Gasteiger partial charge in [-0.25, -0.2) is 0 Å². The maximum atomic E-state index is 8.75. The Morgan fingerprint density at radius 1 is 0.929 bits per heavy atom. The number of hydrogen-bond acceptors (Lipinski definition) is 2. The molecule has 0 aromatic rings. The van der Waals surface area contributed by atoms with Crippen LogP contribution in [0.1, 0.15) is 44.9 Å². The molecule has 1 aliphatic rings. The molecular formula is C12H19NO. The molecule has 0 aromatic heterocycles. The van der Waals surface area contributed by atoms with Crippen LogP contribution in [0, 0.1) is 0 Å². The Kier molecular flexibility index (Phi) is 5.80. The molecule has 1 aliphatic carbocycles. The Labute approximate surface area is 86.0 Å². The zero-order valence-electron chi connectivity index (χ0n) is 8.65. The molecule has 0 atom stereocenters. The van der Waals surface area contributed by atoms with Gasteiger partial charge in [0.05, 0.1) is 5.71 Å². The predicted molar refractivity (Wildman–Crippen MR) is 59.8 cm³/mol. The Balaban J connectivity index is 2.40. The molecule has 2 nitrogen and oxygen atoms in total. The first kappa shape index (κ1) is 11.0. The van der Waals surface area contributed by atoms with E-state index in [1.165, 1.54) is 6.42 Å². The van der Waals surface area contributed by atoms with E-state index in [-0.39, 0.29) is 0 Å². The van der Waals surface area contributed by atoms with E-state index >= 15 is 0 Å². The lowest BCUT2D eigenvalue weighted by Gasteiger charge is -2.03. The summed E-state index contributed by atoms with van der Waals surface area (Å²) in [7, 11) is 0. The van der Waals surface area contributed by atoms with Crippen molar-refractivity contribution in [1.29, 1.82) is 0 Å². The third-order valence-electron chi connectivity index (χ3n) is 2.45. The Bertz CT molecular complexity index is 228. The van der Waals surface area contributed by atoms with E-state index in [4.69, 9.17) is 5.21 Å². The summed E-state index contributed by atoms with van der Waals surface area (Å²) in [5.41, 5.74) is 0.961. The first-order chi connectivity index (χ1) is 6.93. The van der Waals surface area contributed by atoms with Crippen molar-refractivity contribution in [2.24, 2.45) is 5.16 Å². The first-order valence-corrected chi connectivity index (χ1v) is 5.45. The second-order valence-corrected chi connectivity index (χ2v) is 3.66. The van der Waals surface area contributed by atoms with Crippen LogP contribution in [0.5, 0.6) is 0 Å². The van der Waals surface area contributed by atoms with E-state index in [9.17, 15) is 0 Å². The number of allylic oxidation sites excluding steroid dienone is 4. The van der Waals surface area contributed by atoms with E-state index in [0.29, 0.717) is 0 Å². The van der Waals surface area contributed by atoms with Gasteiger partial charge in [0.15, 0.2) is 0 Å². The van der Waals surface area contributed by atoms with Crippen molar-refractivity contribution >= 4 is 5.71 Å². The predicted octanol–water partition coefficient (Wildman–Crippen LogP) is 3.67. The van der Waals surface area contributed by atoms with E-state index in [1.54, 1.807) is 0 Å². The van der Waals surface area contributed by atoms with Crippen LogP contribution in [0.15, 0.2) is 29.5 Å². The molecule has 1 rings (SSSR count). The van der Waals surface area contributed by atoms with E-state index < -0.39 is 0 Å². The summed E-state index contributed by atoms with van der Waals surface area (Å²) in [4.78, 5) is 0. The van der Waals surface area contributed by atoms with Crippen LogP contribution >= 0.6 is 0 Å². The first-order valence-electron chi connectivity index (χ1n) is 5.45. The molecule has 0 saturated heterocycles. The molecule has 1 N–H and O–H groups in total. The molecule has 78 valence electrons. The number of nitrogens with zero attached hydrogens (tertiary/aromatic N) is 1. The highest BCUT2D eigenvalue weighted by molar-refractivity contribution is 5.83. The maximum absolute atomic E-state index is 8.75. The highest BCUT2D eigenvalue weighted by Crippen LogP contribution is 2.09. The van der Waals surface area contributed by atoms with Crippen molar-refractivity contribution in [3.63, 3.8) is 0 Å². The van der Waals surface area contributed by atoms with Crippen LogP contribution in [0.2, 0.25) is 0 Å². The number of rotatable bonds is 0. The average Bonchev–Trinajstić information content (AvgIpc) is 2.19. The molecular weight excluding hydrogens is 174 g/mol. The van der Waals surface area contributed by atoms with Gasteiger partial charge in [-0.15, -0.1) is 0 Å².